The molecular weight excluding hydrogens is 419 g/mol. The number of aryl methyl sites for hydroxylation is 2. The van der Waals surface area contributed by atoms with Gasteiger partial charge in [-0.2, -0.15) is 18.3 Å². The Morgan fingerprint density at radius 1 is 1.13 bits per heavy atom. The first kappa shape index (κ1) is 21.2. The van der Waals surface area contributed by atoms with Crippen LogP contribution in [-0.4, -0.2) is 47.6 Å². The quantitative estimate of drug-likeness (QED) is 0.760. The Kier molecular flexibility index (Phi) is 5.34. The predicted octanol–water partition coefficient (Wildman–Crippen LogP) is 3.85. The van der Waals surface area contributed by atoms with Gasteiger partial charge in [-0.3, -0.25) is 10.00 Å². The predicted molar refractivity (Wildman–Crippen MR) is 104 cm³/mol. The van der Waals surface area contributed by atoms with Crippen molar-refractivity contribution in [2.75, 3.05) is 5.88 Å². The van der Waals surface area contributed by atoms with E-state index >= 15 is 0 Å². The van der Waals surface area contributed by atoms with Crippen molar-refractivity contribution >= 4 is 9.84 Å². The largest absolute Gasteiger partial charge is 0.490 e. The molecule has 1 unspecified atom stereocenters. The van der Waals surface area contributed by atoms with Crippen molar-refractivity contribution in [3.63, 3.8) is 0 Å². The van der Waals surface area contributed by atoms with E-state index in [-0.39, 0.29) is 29.0 Å². The number of aromatic nitrogens is 2. The zero-order valence-electron chi connectivity index (χ0n) is 16.7. The van der Waals surface area contributed by atoms with Crippen LogP contribution in [0.3, 0.4) is 0 Å². The average molecular weight is 443 g/mol. The molecule has 10 heteroatoms. The Balaban J connectivity index is 1.42. The van der Waals surface area contributed by atoms with E-state index in [0.717, 1.165) is 25.0 Å². The normalized spacial score (nSPS) is 24.9. The van der Waals surface area contributed by atoms with E-state index < -0.39 is 21.6 Å². The SMILES string of the molecule is Cc1n[nH]c(C)c1S(=O)(=O)CN1[C@@H]2CC[C@H]1CC(Oc1ccc(C(F)(F)F)cc1)C2. The number of nitrogens with zero attached hydrogens (tertiary/aromatic N) is 2. The fourth-order valence-electron chi connectivity index (χ4n) is 4.71. The van der Waals surface area contributed by atoms with Crippen LogP contribution in [0.4, 0.5) is 13.2 Å². The summed E-state index contributed by atoms with van der Waals surface area (Å²) in [6.07, 6.45) is -1.45. The van der Waals surface area contributed by atoms with Crippen molar-refractivity contribution in [1.82, 2.24) is 15.1 Å². The van der Waals surface area contributed by atoms with Gasteiger partial charge in [0.2, 0.25) is 0 Å². The zero-order chi connectivity index (χ0) is 21.7. The molecular formula is C20H24F3N3O3S. The van der Waals surface area contributed by atoms with Gasteiger partial charge >= 0.3 is 6.18 Å². The van der Waals surface area contributed by atoms with Crippen LogP contribution < -0.4 is 4.74 Å². The minimum absolute atomic E-state index is 0.0590. The van der Waals surface area contributed by atoms with Crippen LogP contribution in [0.1, 0.15) is 42.6 Å². The lowest BCUT2D eigenvalue weighted by molar-refractivity contribution is -0.137. The fourth-order valence-corrected chi connectivity index (χ4v) is 6.66. The Hall–Kier alpha value is -2.07. The number of ether oxygens (including phenoxy) is 1. The number of piperidine rings is 1. The number of hydrogen-bond acceptors (Lipinski definition) is 5. The van der Waals surface area contributed by atoms with Gasteiger partial charge in [-0.15, -0.1) is 0 Å². The van der Waals surface area contributed by atoms with Gasteiger partial charge in [0, 0.05) is 12.1 Å². The molecule has 30 heavy (non-hydrogen) atoms. The molecule has 2 aliphatic rings. The van der Waals surface area contributed by atoms with E-state index in [2.05, 4.69) is 10.2 Å². The second-order valence-electron chi connectivity index (χ2n) is 8.14. The molecule has 0 amide bonds. The number of sulfone groups is 1. The molecule has 164 valence electrons. The summed E-state index contributed by atoms with van der Waals surface area (Å²) in [7, 11) is -3.51. The average Bonchev–Trinajstić information content (AvgIpc) is 3.09. The molecule has 2 fully saturated rings. The number of hydrogen-bond donors (Lipinski definition) is 1. The lowest BCUT2D eigenvalue weighted by Gasteiger charge is -2.38. The van der Waals surface area contributed by atoms with E-state index in [0.29, 0.717) is 30.0 Å². The van der Waals surface area contributed by atoms with Gasteiger partial charge in [-0.05, 0) is 63.8 Å². The summed E-state index contributed by atoms with van der Waals surface area (Å²) in [4.78, 5) is 2.30. The number of rotatable bonds is 5. The second-order valence-corrected chi connectivity index (χ2v) is 10.0. The monoisotopic (exact) mass is 443 g/mol. The first-order chi connectivity index (χ1) is 14.0. The van der Waals surface area contributed by atoms with Crippen LogP contribution in [0.15, 0.2) is 29.2 Å². The molecule has 0 spiro atoms. The fraction of sp³-hybridized carbons (Fsp3) is 0.550. The molecule has 2 aliphatic heterocycles. The lowest BCUT2D eigenvalue weighted by atomic mass is 10.0. The van der Waals surface area contributed by atoms with Gasteiger partial charge in [-0.1, -0.05) is 0 Å². The number of H-pyrrole nitrogens is 1. The van der Waals surface area contributed by atoms with E-state index in [1.165, 1.54) is 12.1 Å². The molecule has 0 saturated carbocycles. The van der Waals surface area contributed by atoms with Gasteiger partial charge in [0.05, 0.1) is 17.0 Å². The molecule has 1 aromatic carbocycles. The molecule has 2 saturated heterocycles. The van der Waals surface area contributed by atoms with Gasteiger partial charge in [-0.25, -0.2) is 8.42 Å². The number of fused-ring (bicyclic) bond motifs is 2. The Morgan fingerprint density at radius 2 is 1.73 bits per heavy atom. The summed E-state index contributed by atoms with van der Waals surface area (Å²) in [5.74, 6) is 0.342. The Bertz CT molecular complexity index is 985. The molecule has 2 bridgehead atoms. The maximum Gasteiger partial charge on any atom is 0.416 e. The molecule has 3 atom stereocenters. The Labute approximate surface area is 173 Å². The van der Waals surface area contributed by atoms with Gasteiger partial charge in [0.1, 0.15) is 22.6 Å². The highest BCUT2D eigenvalue weighted by molar-refractivity contribution is 7.91. The van der Waals surface area contributed by atoms with Crippen molar-refractivity contribution in [3.8, 4) is 5.75 Å². The molecule has 1 N–H and O–H groups in total. The first-order valence-corrected chi connectivity index (χ1v) is 11.5. The topological polar surface area (TPSA) is 75.3 Å². The Morgan fingerprint density at radius 3 is 2.23 bits per heavy atom. The van der Waals surface area contributed by atoms with Crippen LogP contribution in [0.2, 0.25) is 0 Å². The highest BCUT2D eigenvalue weighted by Crippen LogP contribution is 2.39. The number of nitrogens with one attached hydrogen (secondary N) is 1. The number of alkyl halides is 3. The molecule has 0 radical (unpaired) electrons. The van der Waals surface area contributed by atoms with Gasteiger partial charge in [0.25, 0.3) is 0 Å². The third kappa shape index (κ3) is 4.07. The molecule has 2 aromatic rings. The summed E-state index contributed by atoms with van der Waals surface area (Å²) in [5, 5.41) is 6.72. The lowest BCUT2D eigenvalue weighted by Crippen LogP contribution is -2.48. The van der Waals surface area contributed by atoms with Crippen molar-refractivity contribution < 1.29 is 26.3 Å². The summed E-state index contributed by atoms with van der Waals surface area (Å²) < 4.78 is 70.1. The van der Waals surface area contributed by atoms with Crippen LogP contribution in [0, 0.1) is 13.8 Å². The smallest absolute Gasteiger partial charge is 0.416 e. The number of halogens is 3. The van der Waals surface area contributed by atoms with E-state index in [9.17, 15) is 21.6 Å². The molecule has 3 heterocycles. The van der Waals surface area contributed by atoms with E-state index in [1.807, 2.05) is 4.90 Å². The first-order valence-electron chi connectivity index (χ1n) is 9.88. The molecule has 4 rings (SSSR count). The van der Waals surface area contributed by atoms with Crippen LogP contribution in [0.25, 0.3) is 0 Å². The summed E-state index contributed by atoms with van der Waals surface area (Å²) in [6.45, 7) is 3.38. The molecule has 0 aliphatic carbocycles. The number of aromatic amines is 1. The van der Waals surface area contributed by atoms with Crippen molar-refractivity contribution in [2.45, 2.75) is 68.8 Å². The molecule has 1 aromatic heterocycles. The van der Waals surface area contributed by atoms with Gasteiger partial charge in [0.15, 0.2) is 9.84 Å². The standard InChI is InChI=1S/C20H24F3N3O3S/c1-12-19(13(2)25-24-12)30(27,28)11-26-15-5-6-16(26)10-18(9-15)29-17-7-3-14(4-8-17)20(21,22)23/h3-4,7-8,15-16,18H,5-6,9-11H2,1-2H3,(H,24,25)/t15-,16+,18?. The van der Waals surface area contributed by atoms with Crippen molar-refractivity contribution in [2.24, 2.45) is 0 Å². The minimum atomic E-state index is -4.37. The second kappa shape index (κ2) is 7.56. The summed E-state index contributed by atoms with van der Waals surface area (Å²) >= 11 is 0. The van der Waals surface area contributed by atoms with Crippen LogP contribution >= 0.6 is 0 Å². The minimum Gasteiger partial charge on any atom is -0.490 e. The maximum absolute atomic E-state index is 13.0. The summed E-state index contributed by atoms with van der Waals surface area (Å²) in [6, 6.07) is 4.86. The maximum atomic E-state index is 13.0. The zero-order valence-corrected chi connectivity index (χ0v) is 17.6. The van der Waals surface area contributed by atoms with E-state index in [4.69, 9.17) is 4.74 Å². The highest BCUT2D eigenvalue weighted by Gasteiger charge is 2.44. The highest BCUT2D eigenvalue weighted by atomic mass is 32.2. The molecule has 6 nitrogen and oxygen atoms in total. The van der Waals surface area contributed by atoms with Crippen molar-refractivity contribution in [3.05, 3.63) is 41.2 Å². The van der Waals surface area contributed by atoms with Gasteiger partial charge < -0.3 is 4.74 Å². The van der Waals surface area contributed by atoms with Crippen LogP contribution in [-0.2, 0) is 16.0 Å². The number of benzene rings is 1. The summed E-state index contributed by atoms with van der Waals surface area (Å²) in [5.41, 5.74) is 0.306. The van der Waals surface area contributed by atoms with E-state index in [1.54, 1.807) is 13.8 Å². The third-order valence-corrected chi connectivity index (χ3v) is 7.88. The van der Waals surface area contributed by atoms with Crippen LogP contribution in [0.5, 0.6) is 5.75 Å². The van der Waals surface area contributed by atoms with Crippen molar-refractivity contribution in [1.29, 1.82) is 0 Å². The third-order valence-electron chi connectivity index (χ3n) is 6.02.